The number of pyridine rings is 1. The van der Waals surface area contributed by atoms with Crippen molar-refractivity contribution in [3.8, 4) is 0 Å². The molecule has 1 fully saturated rings. The van der Waals surface area contributed by atoms with Crippen LogP contribution < -0.4 is 5.32 Å². The molecule has 1 N–H and O–H groups in total. The Bertz CT molecular complexity index is 1000. The van der Waals surface area contributed by atoms with Crippen LogP contribution in [-0.4, -0.2) is 46.3 Å². The highest BCUT2D eigenvalue weighted by molar-refractivity contribution is 7.20. The molecule has 3 aromatic rings. The van der Waals surface area contributed by atoms with Crippen molar-refractivity contribution in [2.24, 2.45) is 5.92 Å². The normalized spacial score (nSPS) is 14.8. The molecule has 0 aromatic carbocycles. The summed E-state index contributed by atoms with van der Waals surface area (Å²) in [5.74, 6) is 0.878. The summed E-state index contributed by atoms with van der Waals surface area (Å²) in [6.07, 6.45) is 9.37. The third-order valence-corrected chi connectivity index (χ3v) is 7.74. The predicted octanol–water partition coefficient (Wildman–Crippen LogP) is 4.44. The van der Waals surface area contributed by atoms with Crippen molar-refractivity contribution in [2.45, 2.75) is 45.4 Å². The first-order valence-electron chi connectivity index (χ1n) is 10.9. The van der Waals surface area contributed by atoms with Crippen LogP contribution in [0.25, 0.3) is 10.1 Å². The van der Waals surface area contributed by atoms with Gasteiger partial charge in [-0.1, -0.05) is 12.8 Å². The van der Waals surface area contributed by atoms with Gasteiger partial charge in [0.05, 0.1) is 26.7 Å². The zero-order chi connectivity index (χ0) is 21.6. The maximum Gasteiger partial charge on any atom is 0.261 e. The largest absolute Gasteiger partial charge is 0.351 e. The monoisotopic (exact) mass is 456 g/mol. The molecule has 164 valence electrons. The molecular weight excluding hydrogens is 428 g/mol. The van der Waals surface area contributed by atoms with Gasteiger partial charge >= 0.3 is 0 Å². The number of rotatable bonds is 8. The Kier molecular flexibility index (Phi) is 7.29. The van der Waals surface area contributed by atoms with Gasteiger partial charge in [0.2, 0.25) is 5.91 Å². The van der Waals surface area contributed by atoms with Crippen molar-refractivity contribution in [2.75, 3.05) is 19.6 Å². The third-order valence-electron chi connectivity index (χ3n) is 5.84. The Morgan fingerprint density at radius 1 is 1.26 bits per heavy atom. The molecule has 0 radical (unpaired) electrons. The number of likely N-dealkylation sites (tertiary alicyclic amines) is 1. The van der Waals surface area contributed by atoms with Gasteiger partial charge in [-0.25, -0.2) is 4.98 Å². The first-order chi connectivity index (χ1) is 15.1. The van der Waals surface area contributed by atoms with E-state index < -0.39 is 0 Å². The second-order valence-electron chi connectivity index (χ2n) is 8.13. The van der Waals surface area contributed by atoms with Gasteiger partial charge in [0, 0.05) is 37.4 Å². The molecule has 1 saturated heterocycles. The molecule has 4 heterocycles. The van der Waals surface area contributed by atoms with Crippen molar-refractivity contribution < 1.29 is 9.59 Å². The van der Waals surface area contributed by atoms with Crippen molar-refractivity contribution in [3.05, 3.63) is 45.5 Å². The summed E-state index contributed by atoms with van der Waals surface area (Å²) in [5, 5.41) is 7.10. The van der Waals surface area contributed by atoms with E-state index in [9.17, 15) is 9.59 Å². The minimum absolute atomic E-state index is 0.00308. The molecule has 4 rings (SSSR count). The fraction of sp³-hybridized carbons (Fsp3) is 0.478. The molecule has 0 unspecified atom stereocenters. The highest BCUT2D eigenvalue weighted by Gasteiger charge is 2.23. The molecule has 8 heteroatoms. The Labute approximate surface area is 190 Å². The van der Waals surface area contributed by atoms with E-state index in [2.05, 4.69) is 15.3 Å². The van der Waals surface area contributed by atoms with Crippen LogP contribution in [0.4, 0.5) is 0 Å². The first-order valence-corrected chi connectivity index (χ1v) is 12.6. The van der Waals surface area contributed by atoms with E-state index in [1.807, 2.05) is 29.3 Å². The van der Waals surface area contributed by atoms with Crippen LogP contribution in [0, 0.1) is 12.8 Å². The Balaban J connectivity index is 1.10. The summed E-state index contributed by atoms with van der Waals surface area (Å²) in [6, 6.07) is 3.86. The van der Waals surface area contributed by atoms with Gasteiger partial charge in [-0.05, 0) is 49.6 Å². The second kappa shape index (κ2) is 10.3. The number of aromatic nitrogens is 2. The van der Waals surface area contributed by atoms with Gasteiger partial charge in [0.25, 0.3) is 5.91 Å². The zero-order valence-corrected chi connectivity index (χ0v) is 19.4. The minimum Gasteiger partial charge on any atom is -0.351 e. The number of thiazole rings is 1. The lowest BCUT2D eigenvalue weighted by Gasteiger charge is -2.32. The highest BCUT2D eigenvalue weighted by atomic mass is 32.1. The van der Waals surface area contributed by atoms with E-state index in [4.69, 9.17) is 0 Å². The summed E-state index contributed by atoms with van der Waals surface area (Å²) < 4.78 is 1.04. The van der Waals surface area contributed by atoms with Crippen LogP contribution in [0.1, 0.15) is 52.5 Å². The Hall–Kier alpha value is -2.32. The van der Waals surface area contributed by atoms with Crippen molar-refractivity contribution >= 4 is 44.6 Å². The number of fused-ring (bicyclic) bond motifs is 1. The number of hydrogen-bond acceptors (Lipinski definition) is 6. The molecule has 3 aromatic heterocycles. The number of carbonyl (C=O) groups excluding carboxylic acids is 2. The van der Waals surface area contributed by atoms with Crippen molar-refractivity contribution in [3.63, 3.8) is 0 Å². The fourth-order valence-corrected chi connectivity index (χ4v) is 5.63. The molecule has 0 aliphatic carbocycles. The Morgan fingerprint density at radius 3 is 2.84 bits per heavy atom. The van der Waals surface area contributed by atoms with E-state index in [1.165, 1.54) is 11.3 Å². The smallest absolute Gasteiger partial charge is 0.261 e. The quantitative estimate of drug-likeness (QED) is 0.509. The van der Waals surface area contributed by atoms with Gasteiger partial charge in [-0.15, -0.1) is 22.7 Å². The van der Waals surface area contributed by atoms with Crippen LogP contribution in [-0.2, 0) is 11.2 Å². The summed E-state index contributed by atoms with van der Waals surface area (Å²) in [7, 11) is 0. The van der Waals surface area contributed by atoms with Crippen LogP contribution in [0.15, 0.2) is 29.9 Å². The number of thiophene rings is 1. The predicted molar refractivity (Wildman–Crippen MR) is 126 cm³/mol. The molecule has 2 amide bonds. The number of amides is 2. The second-order valence-corrected chi connectivity index (χ2v) is 10.3. The SMILES string of the molecule is Cc1nc(CC(=O)N2CCC(CCCCNC(=O)c3cc4ccncc4s3)CC2)cs1. The molecule has 31 heavy (non-hydrogen) atoms. The summed E-state index contributed by atoms with van der Waals surface area (Å²) >= 11 is 3.08. The molecule has 0 bridgehead atoms. The maximum absolute atomic E-state index is 12.5. The molecule has 0 saturated carbocycles. The number of nitrogens with zero attached hydrogens (tertiary/aromatic N) is 3. The summed E-state index contributed by atoms with van der Waals surface area (Å²) in [6.45, 7) is 4.38. The topological polar surface area (TPSA) is 75.2 Å². The van der Waals surface area contributed by atoms with E-state index in [-0.39, 0.29) is 11.8 Å². The van der Waals surface area contributed by atoms with Gasteiger partial charge in [0.1, 0.15) is 0 Å². The number of hydrogen-bond donors (Lipinski definition) is 1. The standard InChI is InChI=1S/C23H28N4O2S2/c1-16-26-19(15-30-16)13-22(28)27-10-6-17(7-11-27)4-2-3-8-25-23(29)20-12-18-5-9-24-14-21(18)31-20/h5,9,12,14-15,17H,2-4,6-8,10-11,13H2,1H3,(H,25,29). The molecule has 0 atom stereocenters. The molecule has 1 aliphatic rings. The van der Waals surface area contributed by atoms with E-state index in [1.54, 1.807) is 23.7 Å². The van der Waals surface area contributed by atoms with Gasteiger partial charge in [-0.2, -0.15) is 0 Å². The third kappa shape index (κ3) is 5.89. The average Bonchev–Trinajstić information content (AvgIpc) is 3.39. The lowest BCUT2D eigenvalue weighted by Crippen LogP contribution is -2.39. The van der Waals surface area contributed by atoms with Crippen LogP contribution in [0.2, 0.25) is 0 Å². The number of aryl methyl sites for hydroxylation is 1. The summed E-state index contributed by atoms with van der Waals surface area (Å²) in [5.41, 5.74) is 0.893. The van der Waals surface area contributed by atoms with Gasteiger partial charge in [0.15, 0.2) is 0 Å². The lowest BCUT2D eigenvalue weighted by atomic mass is 9.91. The van der Waals surface area contributed by atoms with Crippen molar-refractivity contribution in [1.82, 2.24) is 20.2 Å². The minimum atomic E-state index is 0.00308. The molecule has 1 aliphatic heterocycles. The lowest BCUT2D eigenvalue weighted by molar-refractivity contribution is -0.131. The average molecular weight is 457 g/mol. The van der Waals surface area contributed by atoms with Crippen molar-refractivity contribution in [1.29, 1.82) is 0 Å². The van der Waals surface area contributed by atoms with Gasteiger partial charge < -0.3 is 10.2 Å². The van der Waals surface area contributed by atoms with Gasteiger partial charge in [-0.3, -0.25) is 14.6 Å². The molecular formula is C23H28N4O2S2. The maximum atomic E-state index is 12.5. The number of nitrogens with one attached hydrogen (secondary N) is 1. The number of carbonyl (C=O) groups is 2. The van der Waals surface area contributed by atoms with E-state index >= 15 is 0 Å². The van der Waals surface area contributed by atoms with E-state index in [0.717, 1.165) is 70.9 Å². The van der Waals surface area contributed by atoms with Crippen LogP contribution in [0.5, 0.6) is 0 Å². The molecule has 0 spiro atoms. The first kappa shape index (κ1) is 21.9. The zero-order valence-electron chi connectivity index (χ0n) is 17.8. The highest BCUT2D eigenvalue weighted by Crippen LogP contribution is 2.25. The number of piperidine rings is 1. The summed E-state index contributed by atoms with van der Waals surface area (Å²) in [4.78, 5) is 36.1. The Morgan fingerprint density at radius 2 is 2.10 bits per heavy atom. The van der Waals surface area contributed by atoms with Crippen LogP contribution in [0.3, 0.4) is 0 Å². The fourth-order valence-electron chi connectivity index (χ4n) is 4.07. The molecule has 6 nitrogen and oxygen atoms in total. The van der Waals surface area contributed by atoms with E-state index in [0.29, 0.717) is 18.9 Å². The number of unbranched alkanes of at least 4 members (excludes halogenated alkanes) is 1. The van der Waals surface area contributed by atoms with Crippen LogP contribution >= 0.6 is 22.7 Å².